The highest BCUT2D eigenvalue weighted by atomic mass is 32.2. The highest BCUT2D eigenvalue weighted by Crippen LogP contribution is 2.31. The molecule has 3 aromatic rings. The summed E-state index contributed by atoms with van der Waals surface area (Å²) in [5.41, 5.74) is 1.25. The molecule has 0 bridgehead atoms. The number of carbonyl (C=O) groups is 1. The average Bonchev–Trinajstić information content (AvgIpc) is 3.30. The topological polar surface area (TPSA) is 99.6 Å². The van der Waals surface area contributed by atoms with Gasteiger partial charge in [0.05, 0.1) is 37.0 Å². The molecule has 9 heteroatoms. The van der Waals surface area contributed by atoms with Crippen LogP contribution in [0.1, 0.15) is 12.7 Å². The van der Waals surface area contributed by atoms with Crippen molar-refractivity contribution in [3.63, 3.8) is 0 Å². The number of anilines is 1. The van der Waals surface area contributed by atoms with Crippen molar-refractivity contribution in [1.29, 1.82) is 0 Å². The summed E-state index contributed by atoms with van der Waals surface area (Å²) in [6.45, 7) is 3.56. The lowest BCUT2D eigenvalue weighted by molar-refractivity contribution is -0.115. The van der Waals surface area contributed by atoms with Crippen molar-refractivity contribution in [2.24, 2.45) is 0 Å². The fourth-order valence-corrected chi connectivity index (χ4v) is 3.01. The van der Waals surface area contributed by atoms with Gasteiger partial charge < -0.3 is 23.6 Å². The van der Waals surface area contributed by atoms with E-state index in [1.807, 2.05) is 6.92 Å². The fourth-order valence-electron chi connectivity index (χ4n) is 2.32. The lowest BCUT2D eigenvalue weighted by Gasteiger charge is -2.14. The molecule has 1 unspecified atom stereocenters. The number of hydrogen-bond acceptors (Lipinski definition) is 8. The Morgan fingerprint density at radius 1 is 1.22 bits per heavy atom. The molecule has 1 atom stereocenters. The molecule has 0 aliphatic rings. The number of aryl methyl sites for hydroxylation is 1. The van der Waals surface area contributed by atoms with E-state index in [4.69, 9.17) is 18.3 Å². The zero-order chi connectivity index (χ0) is 19.4. The van der Waals surface area contributed by atoms with Crippen LogP contribution in [-0.4, -0.2) is 35.6 Å². The Morgan fingerprint density at radius 2 is 2.04 bits per heavy atom. The number of furan rings is 1. The Kier molecular flexibility index (Phi) is 5.70. The van der Waals surface area contributed by atoms with Gasteiger partial charge >= 0.3 is 0 Å². The first-order valence-corrected chi connectivity index (χ1v) is 8.97. The van der Waals surface area contributed by atoms with E-state index in [0.29, 0.717) is 34.1 Å². The van der Waals surface area contributed by atoms with Crippen molar-refractivity contribution in [1.82, 2.24) is 10.2 Å². The third-order valence-corrected chi connectivity index (χ3v) is 4.74. The van der Waals surface area contributed by atoms with Gasteiger partial charge in [0.1, 0.15) is 17.3 Å². The molecule has 0 radical (unpaired) electrons. The smallest absolute Gasteiger partial charge is 0.277 e. The molecular formula is C18H19N3O5S. The summed E-state index contributed by atoms with van der Waals surface area (Å²) in [5, 5.41) is 10.6. The van der Waals surface area contributed by atoms with Gasteiger partial charge in [0, 0.05) is 6.07 Å². The Hall–Kier alpha value is -2.94. The largest absolute Gasteiger partial charge is 0.497 e. The Morgan fingerprint density at radius 3 is 2.70 bits per heavy atom. The van der Waals surface area contributed by atoms with Gasteiger partial charge in [0.25, 0.3) is 11.1 Å². The van der Waals surface area contributed by atoms with Crippen LogP contribution in [0, 0.1) is 6.92 Å². The van der Waals surface area contributed by atoms with Gasteiger partial charge in [-0.2, -0.15) is 0 Å². The second kappa shape index (κ2) is 8.17. The maximum absolute atomic E-state index is 12.5. The van der Waals surface area contributed by atoms with Crippen molar-refractivity contribution < 1.29 is 23.1 Å². The summed E-state index contributed by atoms with van der Waals surface area (Å²) in [5.74, 6) is 1.96. The van der Waals surface area contributed by atoms with Crippen LogP contribution in [0.15, 0.2) is 44.6 Å². The molecule has 0 saturated heterocycles. The Bertz CT molecular complexity index is 937. The van der Waals surface area contributed by atoms with Crippen LogP contribution < -0.4 is 14.8 Å². The van der Waals surface area contributed by atoms with Gasteiger partial charge in [0.15, 0.2) is 0 Å². The van der Waals surface area contributed by atoms with E-state index in [-0.39, 0.29) is 5.91 Å². The Labute approximate surface area is 160 Å². The minimum Gasteiger partial charge on any atom is -0.497 e. The van der Waals surface area contributed by atoms with Crippen molar-refractivity contribution in [3.05, 3.63) is 36.3 Å². The predicted molar refractivity (Wildman–Crippen MR) is 100 cm³/mol. The number of nitrogens with one attached hydrogen (secondary N) is 1. The van der Waals surface area contributed by atoms with E-state index >= 15 is 0 Å². The van der Waals surface area contributed by atoms with E-state index < -0.39 is 5.25 Å². The third kappa shape index (κ3) is 4.25. The predicted octanol–water partition coefficient (Wildman–Crippen LogP) is 3.77. The van der Waals surface area contributed by atoms with E-state index in [9.17, 15) is 4.79 Å². The van der Waals surface area contributed by atoms with Crippen molar-refractivity contribution >= 4 is 23.4 Å². The van der Waals surface area contributed by atoms with Crippen LogP contribution in [0.25, 0.3) is 11.5 Å². The molecule has 1 N–H and O–H groups in total. The number of hydrogen-bond donors (Lipinski definition) is 1. The summed E-state index contributed by atoms with van der Waals surface area (Å²) in [6.07, 6.45) is 1.55. The monoisotopic (exact) mass is 389 g/mol. The molecule has 1 aromatic carbocycles. The first-order chi connectivity index (χ1) is 13.0. The van der Waals surface area contributed by atoms with Crippen LogP contribution in [-0.2, 0) is 4.79 Å². The van der Waals surface area contributed by atoms with Crippen LogP contribution in [0.5, 0.6) is 11.5 Å². The Balaban J connectivity index is 1.68. The molecule has 3 rings (SSSR count). The summed E-state index contributed by atoms with van der Waals surface area (Å²) >= 11 is 1.16. The van der Waals surface area contributed by atoms with E-state index in [2.05, 4.69) is 15.5 Å². The number of thioether (sulfide) groups is 1. The van der Waals surface area contributed by atoms with Crippen molar-refractivity contribution in [2.75, 3.05) is 19.5 Å². The molecule has 0 spiro atoms. The zero-order valence-electron chi connectivity index (χ0n) is 15.3. The second-order valence-corrected chi connectivity index (χ2v) is 6.87. The lowest BCUT2D eigenvalue weighted by atomic mass is 10.2. The molecule has 2 heterocycles. The molecular weight excluding hydrogens is 370 g/mol. The molecule has 2 aromatic heterocycles. The highest BCUT2D eigenvalue weighted by molar-refractivity contribution is 8.00. The van der Waals surface area contributed by atoms with Gasteiger partial charge in [-0.3, -0.25) is 4.79 Å². The quantitative estimate of drug-likeness (QED) is 0.610. The molecule has 0 aliphatic carbocycles. The number of carbonyl (C=O) groups excluding carboxylic acids is 1. The van der Waals surface area contributed by atoms with Crippen molar-refractivity contribution in [2.45, 2.75) is 24.3 Å². The summed E-state index contributed by atoms with van der Waals surface area (Å²) < 4.78 is 21.3. The fraction of sp³-hybridized carbons (Fsp3) is 0.278. The summed E-state index contributed by atoms with van der Waals surface area (Å²) in [6, 6.07) is 6.93. The molecule has 1 amide bonds. The number of methoxy groups -OCH3 is 2. The van der Waals surface area contributed by atoms with Gasteiger partial charge in [-0.1, -0.05) is 11.8 Å². The summed E-state index contributed by atoms with van der Waals surface area (Å²) in [4.78, 5) is 12.5. The highest BCUT2D eigenvalue weighted by Gasteiger charge is 2.21. The van der Waals surface area contributed by atoms with E-state index in [0.717, 1.165) is 17.3 Å². The van der Waals surface area contributed by atoms with Crippen LogP contribution in [0.4, 0.5) is 5.69 Å². The van der Waals surface area contributed by atoms with E-state index in [1.165, 1.54) is 7.11 Å². The van der Waals surface area contributed by atoms with Gasteiger partial charge in [0.2, 0.25) is 5.91 Å². The number of rotatable bonds is 7. The average molecular weight is 389 g/mol. The van der Waals surface area contributed by atoms with Crippen molar-refractivity contribution in [3.8, 4) is 23.0 Å². The maximum atomic E-state index is 12.5. The van der Waals surface area contributed by atoms with Crippen LogP contribution in [0.3, 0.4) is 0 Å². The van der Waals surface area contributed by atoms with Gasteiger partial charge in [-0.25, -0.2) is 0 Å². The lowest BCUT2D eigenvalue weighted by Crippen LogP contribution is -2.22. The number of nitrogens with zero attached hydrogens (tertiary/aromatic N) is 2. The number of aromatic nitrogens is 2. The first kappa shape index (κ1) is 18.8. The van der Waals surface area contributed by atoms with Gasteiger partial charge in [-0.15, -0.1) is 10.2 Å². The zero-order valence-corrected chi connectivity index (χ0v) is 16.1. The minimum absolute atomic E-state index is 0.231. The molecule has 27 heavy (non-hydrogen) atoms. The van der Waals surface area contributed by atoms with Crippen LogP contribution >= 0.6 is 11.8 Å². The van der Waals surface area contributed by atoms with Gasteiger partial charge in [-0.05, 0) is 32.0 Å². The normalized spacial score (nSPS) is 11.9. The molecule has 0 aliphatic heterocycles. The summed E-state index contributed by atoms with van der Waals surface area (Å²) in [7, 11) is 3.09. The molecule has 0 saturated carbocycles. The standard InChI is InChI=1S/C18H19N3O5S/c1-10-13(7-8-25-10)17-20-21-18(26-17)27-11(2)16(22)19-14-9-12(23-3)5-6-15(14)24-4/h5-9,11H,1-4H3,(H,19,22). The SMILES string of the molecule is COc1ccc(OC)c(NC(=O)C(C)Sc2nnc(-c3ccoc3C)o2)c1. The number of benzene rings is 1. The molecule has 0 fully saturated rings. The number of amides is 1. The maximum Gasteiger partial charge on any atom is 0.277 e. The molecule has 142 valence electrons. The second-order valence-electron chi connectivity index (χ2n) is 5.58. The van der Waals surface area contributed by atoms with E-state index in [1.54, 1.807) is 44.6 Å². The van der Waals surface area contributed by atoms with Crippen LogP contribution in [0.2, 0.25) is 0 Å². The number of ether oxygens (including phenoxy) is 2. The molecule has 8 nitrogen and oxygen atoms in total. The first-order valence-electron chi connectivity index (χ1n) is 8.09. The third-order valence-electron chi connectivity index (χ3n) is 3.81. The minimum atomic E-state index is -0.473.